The van der Waals surface area contributed by atoms with E-state index in [4.69, 9.17) is 15.6 Å². The summed E-state index contributed by atoms with van der Waals surface area (Å²) in [4.78, 5) is 30.0. The molecule has 0 aromatic carbocycles. The summed E-state index contributed by atoms with van der Waals surface area (Å²) in [5, 5.41) is 23.5. The highest BCUT2D eigenvalue weighted by molar-refractivity contribution is 5.87. The van der Waals surface area contributed by atoms with Crippen LogP contribution in [0.5, 0.6) is 0 Å². The lowest BCUT2D eigenvalue weighted by Gasteiger charge is -1.93. The first-order valence-corrected chi connectivity index (χ1v) is 3.80. The van der Waals surface area contributed by atoms with Crippen LogP contribution < -0.4 is 0 Å². The first-order chi connectivity index (χ1) is 7.47. The number of rotatable bonds is 3. The number of carboxylic acid groups (broad SMARTS) is 1. The lowest BCUT2D eigenvalue weighted by atomic mass is 10.4. The predicted octanol–water partition coefficient (Wildman–Crippen LogP) is 0.141. The third-order valence-corrected chi connectivity index (χ3v) is 0.849. The molecule has 0 bridgehead atoms. The van der Waals surface area contributed by atoms with Crippen molar-refractivity contribution in [2.24, 2.45) is 0 Å². The van der Waals surface area contributed by atoms with Gasteiger partial charge in [0.2, 0.25) is 0 Å². The third kappa shape index (κ3) is 13.9. The molecule has 0 aromatic heterocycles. The van der Waals surface area contributed by atoms with E-state index in [1.807, 2.05) is 0 Å². The van der Waals surface area contributed by atoms with Gasteiger partial charge in [-0.05, 0) is 0 Å². The normalized spacial score (nSPS) is 7.12. The zero-order chi connectivity index (χ0) is 13.0. The topological polar surface area (TPSA) is 128 Å². The fourth-order valence-corrected chi connectivity index (χ4v) is 0.328. The lowest BCUT2D eigenvalue weighted by Crippen LogP contribution is -2.10. The fraction of sp³-hybridized carbons (Fsp3) is 0.222. The fourth-order valence-electron chi connectivity index (χ4n) is 0.328. The summed E-state index contributed by atoms with van der Waals surface area (Å²) in [5.74, 6) is -2.83. The maximum Gasteiger partial charge on any atom is 0.327 e. The number of nitriles is 2. The zero-order valence-corrected chi connectivity index (χ0v) is 8.17. The molecule has 0 spiro atoms. The number of hydrogen-bond donors (Lipinski definition) is 1. The summed E-state index contributed by atoms with van der Waals surface area (Å²) in [6.07, 6.45) is -0.117. The van der Waals surface area contributed by atoms with Crippen LogP contribution in [0.2, 0.25) is 0 Å². The number of nitrogens with zero attached hydrogens (tertiary/aromatic N) is 2. The van der Waals surface area contributed by atoms with Crippen LogP contribution in [0.3, 0.4) is 0 Å². The van der Waals surface area contributed by atoms with Crippen LogP contribution in [-0.2, 0) is 19.1 Å². The predicted molar refractivity (Wildman–Crippen MR) is 49.4 cm³/mol. The number of esters is 2. The van der Waals surface area contributed by atoms with Gasteiger partial charge >= 0.3 is 17.9 Å². The van der Waals surface area contributed by atoms with E-state index < -0.39 is 30.7 Å². The molecule has 0 aliphatic carbocycles. The van der Waals surface area contributed by atoms with Crippen molar-refractivity contribution in [3.63, 3.8) is 0 Å². The molecule has 0 amide bonds. The van der Waals surface area contributed by atoms with E-state index in [1.165, 1.54) is 12.1 Å². The Kier molecular flexibility index (Phi) is 10.3. The van der Waals surface area contributed by atoms with Gasteiger partial charge in [-0.2, -0.15) is 10.5 Å². The van der Waals surface area contributed by atoms with Crippen molar-refractivity contribution in [2.75, 3.05) is 0 Å². The molecule has 0 rings (SSSR count). The smallest absolute Gasteiger partial charge is 0.327 e. The molecule has 7 heteroatoms. The molecule has 0 atom stereocenters. The average Bonchev–Trinajstić information content (AvgIpc) is 2.19. The van der Waals surface area contributed by atoms with E-state index >= 15 is 0 Å². The van der Waals surface area contributed by atoms with Crippen molar-refractivity contribution < 1.29 is 24.2 Å². The summed E-state index contributed by atoms with van der Waals surface area (Å²) in [7, 11) is 0. The number of hydrogen-bond acceptors (Lipinski definition) is 6. The van der Waals surface area contributed by atoms with Gasteiger partial charge in [-0.1, -0.05) is 6.58 Å². The Balaban J connectivity index is 0. The summed E-state index contributed by atoms with van der Waals surface area (Å²) >= 11 is 0. The van der Waals surface area contributed by atoms with E-state index in [0.717, 1.165) is 6.08 Å². The number of carboxylic acids is 1. The Hall–Kier alpha value is -2.67. The highest BCUT2D eigenvalue weighted by Crippen LogP contribution is 1.88. The maximum atomic E-state index is 10.4. The number of aliphatic carboxylic acids is 1. The molecule has 0 saturated carbocycles. The van der Waals surface area contributed by atoms with Crippen LogP contribution in [0.25, 0.3) is 0 Å². The molecule has 0 aromatic rings. The molecule has 16 heavy (non-hydrogen) atoms. The lowest BCUT2D eigenvalue weighted by molar-refractivity contribution is -0.158. The van der Waals surface area contributed by atoms with Gasteiger partial charge < -0.3 is 9.84 Å². The van der Waals surface area contributed by atoms with Crippen LogP contribution >= 0.6 is 0 Å². The van der Waals surface area contributed by atoms with Gasteiger partial charge in [0.05, 0.1) is 12.1 Å². The molecule has 0 unspecified atom stereocenters. The Morgan fingerprint density at radius 2 is 1.50 bits per heavy atom. The highest BCUT2D eigenvalue weighted by Gasteiger charge is 2.08. The van der Waals surface area contributed by atoms with Crippen LogP contribution in [0.15, 0.2) is 12.7 Å². The highest BCUT2D eigenvalue weighted by atomic mass is 16.6. The van der Waals surface area contributed by atoms with Crippen LogP contribution in [-0.4, -0.2) is 23.0 Å². The minimum atomic E-state index is -0.981. The second kappa shape index (κ2) is 10.4. The van der Waals surface area contributed by atoms with E-state index in [-0.39, 0.29) is 0 Å². The molecule has 0 aliphatic rings. The Morgan fingerprint density at radius 1 is 1.19 bits per heavy atom. The van der Waals surface area contributed by atoms with Crippen molar-refractivity contribution in [1.29, 1.82) is 10.5 Å². The summed E-state index contributed by atoms with van der Waals surface area (Å²) < 4.78 is 4.01. The van der Waals surface area contributed by atoms with Crippen molar-refractivity contribution >= 4 is 17.9 Å². The second-order valence-corrected chi connectivity index (χ2v) is 2.06. The second-order valence-electron chi connectivity index (χ2n) is 2.06. The standard InChI is InChI=1S/C6H4N2O3.C3H4O2/c7-3-1-5(9)11-6(10)2-4-8;1-2-3(4)5/h1-2H2;2H,1H2,(H,4,5). The van der Waals surface area contributed by atoms with Crippen LogP contribution in [0.4, 0.5) is 0 Å². The van der Waals surface area contributed by atoms with E-state index in [2.05, 4.69) is 11.3 Å². The van der Waals surface area contributed by atoms with Crippen LogP contribution in [0.1, 0.15) is 12.8 Å². The quantitative estimate of drug-likeness (QED) is 0.410. The minimum Gasteiger partial charge on any atom is -0.478 e. The van der Waals surface area contributed by atoms with Crippen molar-refractivity contribution in [3.8, 4) is 12.1 Å². The number of ether oxygens (including phenoxy) is 1. The average molecular weight is 224 g/mol. The third-order valence-electron chi connectivity index (χ3n) is 0.849. The van der Waals surface area contributed by atoms with Gasteiger partial charge in [0.15, 0.2) is 0 Å². The molecule has 0 radical (unpaired) electrons. The monoisotopic (exact) mass is 224 g/mol. The zero-order valence-electron chi connectivity index (χ0n) is 8.17. The SMILES string of the molecule is C=CC(=O)O.N#CCC(=O)OC(=O)CC#N. The van der Waals surface area contributed by atoms with Gasteiger partial charge in [0.25, 0.3) is 0 Å². The maximum absolute atomic E-state index is 10.4. The molecule has 0 aliphatic heterocycles. The molecular formula is C9H8N2O5. The van der Waals surface area contributed by atoms with Crippen molar-refractivity contribution in [1.82, 2.24) is 0 Å². The summed E-state index contributed by atoms with van der Waals surface area (Å²) in [6, 6.07) is 3.01. The molecule has 0 fully saturated rings. The molecule has 0 heterocycles. The number of carbonyl (C=O) groups excluding carboxylic acids is 2. The van der Waals surface area contributed by atoms with Gasteiger partial charge in [-0.25, -0.2) is 4.79 Å². The van der Waals surface area contributed by atoms with E-state index in [0.29, 0.717) is 0 Å². The summed E-state index contributed by atoms with van der Waals surface area (Å²) in [6.45, 7) is 2.96. The van der Waals surface area contributed by atoms with Gasteiger partial charge in [-0.15, -0.1) is 0 Å². The minimum absolute atomic E-state index is 0.475. The summed E-state index contributed by atoms with van der Waals surface area (Å²) in [5.41, 5.74) is 0. The number of carbonyl (C=O) groups is 3. The molecular weight excluding hydrogens is 216 g/mol. The largest absolute Gasteiger partial charge is 0.478 e. The molecule has 1 N–H and O–H groups in total. The Morgan fingerprint density at radius 3 is 1.69 bits per heavy atom. The van der Waals surface area contributed by atoms with Gasteiger partial charge in [-0.3, -0.25) is 9.59 Å². The molecule has 0 saturated heterocycles. The van der Waals surface area contributed by atoms with Crippen molar-refractivity contribution in [2.45, 2.75) is 12.8 Å². The Labute approximate surface area is 91.2 Å². The van der Waals surface area contributed by atoms with Crippen LogP contribution in [0, 0.1) is 22.7 Å². The van der Waals surface area contributed by atoms with E-state index in [9.17, 15) is 14.4 Å². The van der Waals surface area contributed by atoms with Gasteiger partial charge in [0.1, 0.15) is 12.8 Å². The van der Waals surface area contributed by atoms with Crippen molar-refractivity contribution in [3.05, 3.63) is 12.7 Å². The first kappa shape index (κ1) is 15.8. The first-order valence-electron chi connectivity index (χ1n) is 3.80. The van der Waals surface area contributed by atoms with E-state index in [1.54, 1.807) is 0 Å². The molecule has 84 valence electrons. The van der Waals surface area contributed by atoms with Gasteiger partial charge in [0, 0.05) is 6.08 Å². The Bertz CT molecular complexity index is 335. The molecule has 7 nitrogen and oxygen atoms in total.